The number of aromatic nitrogens is 3. The summed E-state index contributed by atoms with van der Waals surface area (Å²) in [6, 6.07) is 24.0. The Morgan fingerprint density at radius 2 is 1.36 bits per heavy atom. The van der Waals surface area contributed by atoms with Gasteiger partial charge in [-0.05, 0) is 54.1 Å². The molecule has 1 unspecified atom stereocenters. The molecule has 0 bridgehead atoms. The molecular weight excluding hydrogens is 500 g/mol. The van der Waals surface area contributed by atoms with Gasteiger partial charge in [0.1, 0.15) is 18.1 Å². The van der Waals surface area contributed by atoms with E-state index >= 15 is 0 Å². The lowest BCUT2D eigenvalue weighted by molar-refractivity contribution is -0.125. The van der Waals surface area contributed by atoms with Crippen molar-refractivity contribution in [3.05, 3.63) is 84.4 Å². The molecule has 39 heavy (non-hydrogen) atoms. The van der Waals surface area contributed by atoms with Gasteiger partial charge < -0.3 is 30.7 Å². The Hall–Kier alpha value is -5.39. The first-order valence-corrected chi connectivity index (χ1v) is 12.0. The SMILES string of the molecule is COc1ccc(Nc2nc(Nc3ccc(OCc4ccccc4)cc3)nc(NC3NC(=O)N(C)C3=O)n2)cc1. The van der Waals surface area contributed by atoms with Gasteiger partial charge in [-0.3, -0.25) is 9.69 Å². The van der Waals surface area contributed by atoms with Crippen LogP contribution in [0.15, 0.2) is 78.9 Å². The second kappa shape index (κ2) is 11.3. The van der Waals surface area contributed by atoms with E-state index in [-0.39, 0.29) is 17.8 Å². The van der Waals surface area contributed by atoms with Crippen LogP contribution < -0.4 is 30.7 Å². The number of rotatable bonds is 10. The van der Waals surface area contributed by atoms with Crippen LogP contribution in [0, 0.1) is 0 Å². The van der Waals surface area contributed by atoms with Gasteiger partial charge in [0.2, 0.25) is 17.8 Å². The van der Waals surface area contributed by atoms with E-state index in [1.165, 1.54) is 7.05 Å². The first-order valence-electron chi connectivity index (χ1n) is 12.0. The average molecular weight is 527 g/mol. The Kier molecular flexibility index (Phi) is 7.35. The minimum absolute atomic E-state index is 0.0836. The summed E-state index contributed by atoms with van der Waals surface area (Å²) in [6.45, 7) is 0.460. The van der Waals surface area contributed by atoms with Gasteiger partial charge in [0.25, 0.3) is 5.91 Å². The Morgan fingerprint density at radius 3 is 1.90 bits per heavy atom. The number of hydrogen-bond donors (Lipinski definition) is 4. The summed E-state index contributed by atoms with van der Waals surface area (Å²) >= 11 is 0. The molecule has 1 aliphatic heterocycles. The first-order chi connectivity index (χ1) is 19.0. The van der Waals surface area contributed by atoms with Gasteiger partial charge in [-0.1, -0.05) is 30.3 Å². The van der Waals surface area contributed by atoms with Crippen LogP contribution in [0.25, 0.3) is 0 Å². The van der Waals surface area contributed by atoms with Gasteiger partial charge in [0, 0.05) is 18.4 Å². The minimum atomic E-state index is -1.01. The van der Waals surface area contributed by atoms with E-state index in [1.54, 1.807) is 19.2 Å². The summed E-state index contributed by atoms with van der Waals surface area (Å²) in [5.41, 5.74) is 2.49. The number of nitrogens with one attached hydrogen (secondary N) is 4. The van der Waals surface area contributed by atoms with E-state index in [0.29, 0.717) is 29.5 Å². The highest BCUT2D eigenvalue weighted by molar-refractivity contribution is 6.04. The van der Waals surface area contributed by atoms with E-state index in [9.17, 15) is 9.59 Å². The Labute approximate surface area is 224 Å². The largest absolute Gasteiger partial charge is 0.497 e. The van der Waals surface area contributed by atoms with E-state index in [2.05, 4.69) is 36.2 Å². The summed E-state index contributed by atoms with van der Waals surface area (Å²) in [4.78, 5) is 38.4. The van der Waals surface area contributed by atoms with Crippen LogP contribution in [0.4, 0.5) is 34.0 Å². The number of anilines is 5. The van der Waals surface area contributed by atoms with Crippen molar-refractivity contribution in [1.29, 1.82) is 0 Å². The molecule has 1 aliphatic rings. The van der Waals surface area contributed by atoms with Crippen molar-refractivity contribution < 1.29 is 19.1 Å². The molecule has 2 heterocycles. The molecule has 0 spiro atoms. The maximum atomic E-state index is 12.4. The minimum Gasteiger partial charge on any atom is -0.497 e. The molecule has 12 heteroatoms. The monoisotopic (exact) mass is 526 g/mol. The standard InChI is InChI=1S/C27H26N8O4/c1-35-23(36)22(31-27(35)37)30-26-33-24(28-18-8-12-20(38-2)13-9-18)32-25(34-26)29-19-10-14-21(15-11-19)39-16-17-6-4-3-5-7-17/h3-15,22H,16H2,1-2H3,(H,31,37)(H3,28,29,30,32,33,34). The zero-order valence-corrected chi connectivity index (χ0v) is 21.2. The molecule has 0 saturated carbocycles. The molecule has 0 aliphatic carbocycles. The molecule has 3 amide bonds. The van der Waals surface area contributed by atoms with Gasteiger partial charge in [0.05, 0.1) is 7.11 Å². The number of benzene rings is 3. The zero-order chi connectivity index (χ0) is 27.2. The maximum Gasteiger partial charge on any atom is 0.325 e. The summed E-state index contributed by atoms with van der Waals surface area (Å²) < 4.78 is 11.1. The zero-order valence-electron chi connectivity index (χ0n) is 21.2. The Morgan fingerprint density at radius 1 is 0.795 bits per heavy atom. The summed E-state index contributed by atoms with van der Waals surface area (Å²) in [5.74, 6) is 1.48. The van der Waals surface area contributed by atoms with Gasteiger partial charge in [0.15, 0.2) is 6.17 Å². The molecule has 5 rings (SSSR count). The molecule has 12 nitrogen and oxygen atoms in total. The number of amides is 3. The number of nitrogens with zero attached hydrogens (tertiary/aromatic N) is 4. The fraction of sp³-hybridized carbons (Fsp3) is 0.148. The van der Waals surface area contributed by atoms with Crippen LogP contribution >= 0.6 is 0 Å². The van der Waals surface area contributed by atoms with Crippen molar-refractivity contribution in [2.75, 3.05) is 30.1 Å². The van der Waals surface area contributed by atoms with Gasteiger partial charge in [-0.15, -0.1) is 0 Å². The normalized spacial score (nSPS) is 14.5. The lowest BCUT2D eigenvalue weighted by Crippen LogP contribution is -2.37. The first kappa shape index (κ1) is 25.3. The number of urea groups is 1. The fourth-order valence-electron chi connectivity index (χ4n) is 3.66. The Balaban J connectivity index is 1.33. The van der Waals surface area contributed by atoms with E-state index in [1.807, 2.05) is 66.7 Å². The third-order valence-electron chi connectivity index (χ3n) is 5.76. The summed E-state index contributed by atoms with van der Waals surface area (Å²) in [6.07, 6.45) is -1.01. The Bertz CT molecular complexity index is 1450. The lowest BCUT2D eigenvalue weighted by Gasteiger charge is -2.14. The molecule has 198 valence electrons. The number of likely N-dealkylation sites (N-methyl/N-ethyl adjacent to an activating group) is 1. The molecule has 1 aromatic heterocycles. The van der Waals surface area contributed by atoms with Crippen LogP contribution in [-0.4, -0.2) is 52.1 Å². The number of carbonyl (C=O) groups is 2. The quantitative estimate of drug-likeness (QED) is 0.225. The maximum absolute atomic E-state index is 12.4. The van der Waals surface area contributed by atoms with E-state index in [4.69, 9.17) is 9.47 Å². The molecule has 1 atom stereocenters. The van der Waals surface area contributed by atoms with Crippen molar-refractivity contribution in [2.45, 2.75) is 12.8 Å². The van der Waals surface area contributed by atoms with Crippen LogP contribution in [-0.2, 0) is 11.4 Å². The molecule has 4 N–H and O–H groups in total. The lowest BCUT2D eigenvalue weighted by atomic mass is 10.2. The van der Waals surface area contributed by atoms with Crippen LogP contribution in [0.5, 0.6) is 11.5 Å². The van der Waals surface area contributed by atoms with Crippen molar-refractivity contribution in [2.24, 2.45) is 0 Å². The average Bonchev–Trinajstić information content (AvgIpc) is 3.19. The number of imide groups is 1. The predicted molar refractivity (Wildman–Crippen MR) is 145 cm³/mol. The topological polar surface area (TPSA) is 143 Å². The van der Waals surface area contributed by atoms with Gasteiger partial charge in [-0.2, -0.15) is 15.0 Å². The molecule has 1 saturated heterocycles. The second-order valence-electron chi connectivity index (χ2n) is 8.51. The highest BCUT2D eigenvalue weighted by atomic mass is 16.5. The van der Waals surface area contributed by atoms with E-state index in [0.717, 1.165) is 10.5 Å². The van der Waals surface area contributed by atoms with Crippen molar-refractivity contribution >= 4 is 41.2 Å². The number of ether oxygens (including phenoxy) is 2. The summed E-state index contributed by atoms with van der Waals surface area (Å²) in [7, 11) is 2.98. The van der Waals surface area contributed by atoms with Crippen LogP contribution in [0.1, 0.15) is 5.56 Å². The highest BCUT2D eigenvalue weighted by Crippen LogP contribution is 2.23. The molecule has 3 aromatic carbocycles. The van der Waals surface area contributed by atoms with Crippen molar-refractivity contribution in [1.82, 2.24) is 25.2 Å². The van der Waals surface area contributed by atoms with Crippen LogP contribution in [0.3, 0.4) is 0 Å². The third kappa shape index (κ3) is 6.31. The number of hydrogen-bond acceptors (Lipinski definition) is 10. The van der Waals surface area contributed by atoms with Gasteiger partial charge in [-0.25, -0.2) is 4.79 Å². The van der Waals surface area contributed by atoms with Crippen LogP contribution in [0.2, 0.25) is 0 Å². The molecule has 1 fully saturated rings. The van der Waals surface area contributed by atoms with Crippen molar-refractivity contribution in [3.8, 4) is 11.5 Å². The molecular formula is C27H26N8O4. The molecule has 4 aromatic rings. The molecule has 0 radical (unpaired) electrons. The van der Waals surface area contributed by atoms with Gasteiger partial charge >= 0.3 is 6.03 Å². The fourth-order valence-corrected chi connectivity index (χ4v) is 3.66. The third-order valence-corrected chi connectivity index (χ3v) is 5.76. The smallest absolute Gasteiger partial charge is 0.325 e. The van der Waals surface area contributed by atoms with Crippen molar-refractivity contribution in [3.63, 3.8) is 0 Å². The van der Waals surface area contributed by atoms with E-state index < -0.39 is 18.1 Å². The number of carbonyl (C=O) groups excluding carboxylic acids is 2. The highest BCUT2D eigenvalue weighted by Gasteiger charge is 2.36. The number of methoxy groups -OCH3 is 1. The second-order valence-corrected chi connectivity index (χ2v) is 8.51. The predicted octanol–water partition coefficient (Wildman–Crippen LogP) is 3.87. The summed E-state index contributed by atoms with van der Waals surface area (Å²) in [5, 5.41) is 11.7.